The Morgan fingerprint density at radius 3 is 2.80 bits per heavy atom. The Morgan fingerprint density at radius 1 is 1.48 bits per heavy atom. The monoisotopic (exact) mass is 380 g/mol. The summed E-state index contributed by atoms with van der Waals surface area (Å²) in [7, 11) is 0. The minimum absolute atomic E-state index is 0.00603. The summed E-state index contributed by atoms with van der Waals surface area (Å²) in [6.07, 6.45) is 2.46. The quantitative estimate of drug-likeness (QED) is 0.571. The number of phenolic OH excluding ortho intramolecular Hbond substituents is 1. The van der Waals surface area contributed by atoms with Crippen LogP contribution in [0.3, 0.4) is 0 Å². The fourth-order valence-corrected chi connectivity index (χ4v) is 3.77. The van der Waals surface area contributed by atoms with E-state index >= 15 is 0 Å². The van der Waals surface area contributed by atoms with E-state index in [4.69, 9.17) is 17.0 Å². The first-order valence-electron chi connectivity index (χ1n) is 7.82. The van der Waals surface area contributed by atoms with Crippen molar-refractivity contribution in [2.45, 2.75) is 32.7 Å². The second-order valence-electron chi connectivity index (χ2n) is 5.34. The largest absolute Gasteiger partial charge is 0.548 e. The zero-order valence-corrected chi connectivity index (χ0v) is 15.5. The molecular weight excluding hydrogens is 362 g/mol. The first-order chi connectivity index (χ1) is 11.9. The number of rotatable bonds is 7. The fourth-order valence-electron chi connectivity index (χ4n) is 2.42. The van der Waals surface area contributed by atoms with Crippen molar-refractivity contribution in [1.29, 1.82) is 0 Å². The number of carboxylic acid groups (broad SMARTS) is 1. The maximum absolute atomic E-state index is 12.6. The van der Waals surface area contributed by atoms with Crippen molar-refractivity contribution in [2.75, 3.05) is 6.61 Å². The van der Waals surface area contributed by atoms with Crippen LogP contribution in [0.25, 0.3) is 6.08 Å². The Morgan fingerprint density at radius 2 is 2.20 bits per heavy atom. The molecule has 0 spiro atoms. The molecule has 1 atom stereocenters. The fraction of sp³-hybridized carbons (Fsp3) is 0.353. The van der Waals surface area contributed by atoms with Gasteiger partial charge < -0.3 is 19.7 Å². The highest BCUT2D eigenvalue weighted by Crippen LogP contribution is 2.36. The highest BCUT2D eigenvalue weighted by molar-refractivity contribution is 8.26. The van der Waals surface area contributed by atoms with Crippen molar-refractivity contribution in [3.8, 4) is 11.5 Å². The van der Waals surface area contributed by atoms with E-state index in [1.807, 2.05) is 6.92 Å². The molecular formula is C17H18NO5S2-. The van der Waals surface area contributed by atoms with Crippen molar-refractivity contribution >= 4 is 46.3 Å². The van der Waals surface area contributed by atoms with Crippen LogP contribution in [0.2, 0.25) is 0 Å². The van der Waals surface area contributed by atoms with Crippen molar-refractivity contribution in [2.24, 2.45) is 0 Å². The molecule has 0 bridgehead atoms. The Bertz CT molecular complexity index is 732. The van der Waals surface area contributed by atoms with Gasteiger partial charge in [0, 0.05) is 0 Å². The van der Waals surface area contributed by atoms with Gasteiger partial charge >= 0.3 is 0 Å². The molecule has 0 aromatic heterocycles. The number of hydrogen-bond acceptors (Lipinski definition) is 7. The smallest absolute Gasteiger partial charge is 0.266 e. The maximum atomic E-state index is 12.6. The summed E-state index contributed by atoms with van der Waals surface area (Å²) in [6, 6.07) is 3.64. The number of nitrogens with zero attached hydrogens (tertiary/aromatic N) is 1. The molecule has 1 aromatic rings. The van der Waals surface area contributed by atoms with Gasteiger partial charge in [0.05, 0.1) is 23.5 Å². The van der Waals surface area contributed by atoms with Crippen LogP contribution < -0.4 is 9.84 Å². The highest BCUT2D eigenvalue weighted by Gasteiger charge is 2.37. The van der Waals surface area contributed by atoms with Crippen LogP contribution in [0.1, 0.15) is 32.3 Å². The molecule has 1 N–H and O–H groups in total. The van der Waals surface area contributed by atoms with E-state index in [0.717, 1.165) is 16.7 Å². The van der Waals surface area contributed by atoms with Crippen LogP contribution in [0, 0.1) is 0 Å². The van der Waals surface area contributed by atoms with Crippen molar-refractivity contribution < 1.29 is 24.5 Å². The third-order valence-corrected chi connectivity index (χ3v) is 4.88. The van der Waals surface area contributed by atoms with Crippen LogP contribution in [-0.4, -0.2) is 38.9 Å². The molecule has 6 nitrogen and oxygen atoms in total. The Balaban J connectivity index is 2.31. The molecule has 1 aromatic carbocycles. The Kier molecular flexibility index (Phi) is 6.44. The predicted octanol–water partition coefficient (Wildman–Crippen LogP) is 1.91. The summed E-state index contributed by atoms with van der Waals surface area (Å²) in [5.74, 6) is -1.46. The molecule has 25 heavy (non-hydrogen) atoms. The van der Waals surface area contributed by atoms with Crippen LogP contribution in [0.15, 0.2) is 23.1 Å². The second kappa shape index (κ2) is 8.35. The lowest BCUT2D eigenvalue weighted by Gasteiger charge is -2.27. The molecule has 1 aliphatic rings. The van der Waals surface area contributed by atoms with Gasteiger partial charge in [0.25, 0.3) is 5.91 Å². The number of aromatic hydroxyl groups is 1. The topological polar surface area (TPSA) is 89.9 Å². The average molecular weight is 380 g/mol. The molecule has 1 heterocycles. The molecule has 2 rings (SSSR count). The number of benzene rings is 1. The third kappa shape index (κ3) is 4.32. The number of phenols is 1. The van der Waals surface area contributed by atoms with Gasteiger partial charge in [-0.05, 0) is 37.1 Å². The SMILES string of the molecule is CCC[C@@H](C(=O)[O-])N1C(=O)/C(=C/c2ccc(O)c(OCC)c2)SC1=S. The number of ether oxygens (including phenoxy) is 1. The van der Waals surface area contributed by atoms with Gasteiger partial charge in [0.2, 0.25) is 0 Å². The van der Waals surface area contributed by atoms with Gasteiger partial charge in [-0.25, -0.2) is 0 Å². The second-order valence-corrected chi connectivity index (χ2v) is 7.01. The standard InChI is InChI=1S/C17H19NO5S2/c1-3-5-11(16(21)22)18-15(20)14(25-17(18)24)9-10-6-7-12(19)13(8-10)23-4-2/h6-9,11,19H,3-5H2,1-2H3,(H,21,22)/p-1/b14-9-/t11-/m0/s1. The molecule has 1 saturated heterocycles. The molecule has 1 fully saturated rings. The van der Waals surface area contributed by atoms with Gasteiger partial charge in [0.15, 0.2) is 11.5 Å². The van der Waals surface area contributed by atoms with Gasteiger partial charge in [-0.2, -0.15) is 0 Å². The summed E-state index contributed by atoms with van der Waals surface area (Å²) in [5.41, 5.74) is 0.641. The Hall–Kier alpha value is -2.06. The number of aliphatic carboxylic acids is 1. The van der Waals surface area contributed by atoms with Gasteiger partial charge in [-0.3, -0.25) is 9.69 Å². The van der Waals surface area contributed by atoms with E-state index in [9.17, 15) is 19.8 Å². The number of carboxylic acids is 1. The van der Waals surface area contributed by atoms with E-state index in [2.05, 4.69) is 0 Å². The Labute approximate surface area is 155 Å². The zero-order valence-electron chi connectivity index (χ0n) is 13.9. The minimum atomic E-state index is -1.32. The van der Waals surface area contributed by atoms with E-state index in [0.29, 0.717) is 29.2 Å². The lowest BCUT2D eigenvalue weighted by atomic mass is 10.1. The lowest BCUT2D eigenvalue weighted by molar-refractivity contribution is -0.310. The van der Waals surface area contributed by atoms with Crippen molar-refractivity contribution in [1.82, 2.24) is 4.90 Å². The summed E-state index contributed by atoms with van der Waals surface area (Å²) < 4.78 is 5.52. The molecule has 134 valence electrons. The minimum Gasteiger partial charge on any atom is -0.548 e. The van der Waals surface area contributed by atoms with Crippen LogP contribution >= 0.6 is 24.0 Å². The summed E-state index contributed by atoms with van der Waals surface area (Å²) in [5, 5.41) is 21.1. The summed E-state index contributed by atoms with van der Waals surface area (Å²) >= 11 is 6.23. The van der Waals surface area contributed by atoms with Gasteiger partial charge in [-0.15, -0.1) is 0 Å². The predicted molar refractivity (Wildman–Crippen MR) is 98.0 cm³/mol. The molecule has 0 saturated carbocycles. The lowest BCUT2D eigenvalue weighted by Crippen LogP contribution is -2.49. The zero-order chi connectivity index (χ0) is 18.6. The highest BCUT2D eigenvalue weighted by atomic mass is 32.2. The molecule has 0 unspecified atom stereocenters. The average Bonchev–Trinajstić information content (AvgIpc) is 2.82. The first kappa shape index (κ1) is 19.3. The number of carbonyl (C=O) groups is 2. The number of hydrogen-bond donors (Lipinski definition) is 1. The maximum Gasteiger partial charge on any atom is 0.266 e. The molecule has 8 heteroatoms. The normalized spacial score (nSPS) is 17.2. The third-order valence-electron chi connectivity index (χ3n) is 3.55. The summed E-state index contributed by atoms with van der Waals surface area (Å²) in [4.78, 5) is 25.4. The van der Waals surface area contributed by atoms with Crippen molar-refractivity contribution in [3.63, 3.8) is 0 Å². The van der Waals surface area contributed by atoms with E-state index in [-0.39, 0.29) is 16.5 Å². The van der Waals surface area contributed by atoms with Crippen LogP contribution in [0.5, 0.6) is 11.5 Å². The number of amides is 1. The van der Waals surface area contributed by atoms with Crippen molar-refractivity contribution in [3.05, 3.63) is 28.7 Å². The van der Waals surface area contributed by atoms with Crippen LogP contribution in [0.4, 0.5) is 0 Å². The van der Waals surface area contributed by atoms with E-state index in [1.54, 1.807) is 25.1 Å². The number of thiocarbonyl (C=S) groups is 1. The van der Waals surface area contributed by atoms with E-state index < -0.39 is 17.9 Å². The van der Waals surface area contributed by atoms with Crippen LogP contribution in [-0.2, 0) is 9.59 Å². The van der Waals surface area contributed by atoms with E-state index in [1.165, 1.54) is 6.07 Å². The first-order valence-corrected chi connectivity index (χ1v) is 9.05. The molecule has 1 amide bonds. The summed E-state index contributed by atoms with van der Waals surface area (Å²) in [6.45, 7) is 4.02. The number of thioether (sulfide) groups is 1. The molecule has 0 radical (unpaired) electrons. The number of carbonyl (C=O) groups excluding carboxylic acids is 2. The molecule has 1 aliphatic heterocycles. The van der Waals surface area contributed by atoms with Gasteiger partial charge in [0.1, 0.15) is 4.32 Å². The van der Waals surface area contributed by atoms with Gasteiger partial charge in [-0.1, -0.05) is 43.4 Å². The molecule has 0 aliphatic carbocycles.